The quantitative estimate of drug-likeness (QED) is 0.766. The molecule has 0 radical (unpaired) electrons. The fourth-order valence-corrected chi connectivity index (χ4v) is 1.98. The van der Waals surface area contributed by atoms with E-state index in [2.05, 4.69) is 31.1 Å². The van der Waals surface area contributed by atoms with Gasteiger partial charge in [0.25, 0.3) is 0 Å². The van der Waals surface area contributed by atoms with Gasteiger partial charge in [-0.25, -0.2) is 4.39 Å². The summed E-state index contributed by atoms with van der Waals surface area (Å²) in [7, 11) is 2.12. The smallest absolute Gasteiger partial charge is 0.125 e. The van der Waals surface area contributed by atoms with E-state index in [9.17, 15) is 4.39 Å². The Morgan fingerprint density at radius 1 is 1.39 bits per heavy atom. The Labute approximate surface area is 114 Å². The monoisotopic (exact) mass is 272 g/mol. The molecule has 0 fully saturated rings. The van der Waals surface area contributed by atoms with E-state index < -0.39 is 0 Å². The van der Waals surface area contributed by atoms with Crippen molar-refractivity contribution >= 4 is 11.6 Å². The van der Waals surface area contributed by atoms with E-state index in [0.717, 1.165) is 25.1 Å². The largest absolute Gasteiger partial charge is 0.311 e. The molecule has 1 aromatic carbocycles. The van der Waals surface area contributed by atoms with Crippen molar-refractivity contribution in [2.24, 2.45) is 0 Å². The van der Waals surface area contributed by atoms with Gasteiger partial charge in [-0.05, 0) is 44.2 Å². The van der Waals surface area contributed by atoms with Crippen LogP contribution < -0.4 is 5.32 Å². The Hall–Kier alpha value is -0.640. The molecule has 2 nitrogen and oxygen atoms in total. The molecular weight excluding hydrogens is 251 g/mol. The molecule has 0 saturated heterocycles. The average Bonchev–Trinajstić information content (AvgIpc) is 2.32. The van der Waals surface area contributed by atoms with E-state index in [-0.39, 0.29) is 5.82 Å². The second-order valence-electron chi connectivity index (χ2n) is 4.69. The molecule has 0 aliphatic rings. The third-order valence-corrected chi connectivity index (χ3v) is 3.45. The summed E-state index contributed by atoms with van der Waals surface area (Å²) in [5.74, 6) is -0.281. The molecule has 18 heavy (non-hydrogen) atoms. The summed E-state index contributed by atoms with van der Waals surface area (Å²) in [5, 5.41) is 3.75. The predicted octanol–water partition coefficient (Wildman–Crippen LogP) is 3.30. The van der Waals surface area contributed by atoms with Gasteiger partial charge in [0.1, 0.15) is 5.82 Å². The van der Waals surface area contributed by atoms with Crippen molar-refractivity contribution in [3.8, 4) is 0 Å². The van der Waals surface area contributed by atoms with Gasteiger partial charge in [-0.1, -0.05) is 18.5 Å². The highest BCUT2D eigenvalue weighted by atomic mass is 35.5. The van der Waals surface area contributed by atoms with Crippen LogP contribution in [0.5, 0.6) is 0 Å². The Balaban J connectivity index is 2.29. The van der Waals surface area contributed by atoms with E-state index in [0.29, 0.717) is 17.6 Å². The molecule has 1 N–H and O–H groups in total. The molecule has 4 heteroatoms. The minimum atomic E-state index is -0.281. The van der Waals surface area contributed by atoms with Crippen LogP contribution in [0.4, 0.5) is 4.39 Å². The van der Waals surface area contributed by atoms with Crippen molar-refractivity contribution < 1.29 is 4.39 Å². The summed E-state index contributed by atoms with van der Waals surface area (Å²) < 4.78 is 13.1. The van der Waals surface area contributed by atoms with Crippen molar-refractivity contribution in [1.29, 1.82) is 0 Å². The molecule has 0 saturated carbocycles. The van der Waals surface area contributed by atoms with Gasteiger partial charge in [-0.15, -0.1) is 0 Å². The van der Waals surface area contributed by atoms with E-state index in [1.54, 1.807) is 6.07 Å². The van der Waals surface area contributed by atoms with E-state index in [1.807, 2.05) is 0 Å². The minimum absolute atomic E-state index is 0.281. The first kappa shape index (κ1) is 15.4. The van der Waals surface area contributed by atoms with Crippen LogP contribution in [0.2, 0.25) is 5.02 Å². The third kappa shape index (κ3) is 5.34. The maximum Gasteiger partial charge on any atom is 0.125 e. The number of halogens is 2. The fraction of sp³-hybridized carbons (Fsp3) is 0.571. The van der Waals surface area contributed by atoms with E-state index >= 15 is 0 Å². The molecule has 1 unspecified atom stereocenters. The van der Waals surface area contributed by atoms with Crippen molar-refractivity contribution in [1.82, 2.24) is 10.2 Å². The lowest BCUT2D eigenvalue weighted by atomic mass is 10.2. The summed E-state index contributed by atoms with van der Waals surface area (Å²) in [6.07, 6.45) is 1.15. The normalized spacial score (nSPS) is 13.0. The van der Waals surface area contributed by atoms with Gasteiger partial charge in [0, 0.05) is 30.7 Å². The van der Waals surface area contributed by atoms with Gasteiger partial charge in [-0.2, -0.15) is 0 Å². The van der Waals surface area contributed by atoms with Crippen LogP contribution in [0.3, 0.4) is 0 Å². The van der Waals surface area contributed by atoms with Crippen LogP contribution in [0.1, 0.15) is 25.8 Å². The highest BCUT2D eigenvalue weighted by Crippen LogP contribution is 2.13. The van der Waals surface area contributed by atoms with Gasteiger partial charge < -0.3 is 10.2 Å². The van der Waals surface area contributed by atoms with Crippen LogP contribution in [-0.2, 0) is 6.54 Å². The van der Waals surface area contributed by atoms with Gasteiger partial charge in [0.2, 0.25) is 0 Å². The maximum atomic E-state index is 13.1. The first-order valence-electron chi connectivity index (χ1n) is 6.39. The summed E-state index contributed by atoms with van der Waals surface area (Å²) >= 11 is 5.80. The van der Waals surface area contributed by atoms with E-state index in [4.69, 9.17) is 11.6 Å². The number of nitrogens with zero attached hydrogens (tertiary/aromatic N) is 1. The number of nitrogens with one attached hydrogen (secondary N) is 1. The molecule has 1 atom stereocenters. The minimum Gasteiger partial charge on any atom is -0.311 e. The van der Waals surface area contributed by atoms with Crippen molar-refractivity contribution in [2.45, 2.75) is 32.9 Å². The van der Waals surface area contributed by atoms with Crippen LogP contribution in [0, 0.1) is 5.82 Å². The van der Waals surface area contributed by atoms with Crippen LogP contribution in [0.15, 0.2) is 18.2 Å². The molecule has 0 amide bonds. The molecule has 1 aromatic rings. The summed E-state index contributed by atoms with van der Waals surface area (Å²) in [5.41, 5.74) is 0.881. The van der Waals surface area contributed by atoms with Crippen LogP contribution in [0.25, 0.3) is 0 Å². The second-order valence-corrected chi connectivity index (χ2v) is 5.13. The maximum absolute atomic E-state index is 13.1. The zero-order chi connectivity index (χ0) is 13.5. The number of rotatable bonds is 7. The number of benzene rings is 1. The number of hydrogen-bond donors (Lipinski definition) is 1. The van der Waals surface area contributed by atoms with Crippen molar-refractivity contribution in [3.63, 3.8) is 0 Å². The van der Waals surface area contributed by atoms with Crippen LogP contribution >= 0.6 is 11.6 Å². The molecule has 0 heterocycles. The van der Waals surface area contributed by atoms with Crippen molar-refractivity contribution in [2.75, 3.05) is 20.1 Å². The molecule has 0 spiro atoms. The topological polar surface area (TPSA) is 15.3 Å². The Morgan fingerprint density at radius 2 is 2.11 bits per heavy atom. The zero-order valence-corrected chi connectivity index (χ0v) is 12.1. The molecule has 0 bridgehead atoms. The molecule has 0 aliphatic heterocycles. The first-order chi connectivity index (χ1) is 8.52. The molecule has 102 valence electrons. The lowest BCUT2D eigenvalue weighted by molar-refractivity contribution is 0.251. The molecular formula is C14H22ClFN2. The number of likely N-dealkylation sites (N-methyl/N-ethyl adjacent to an activating group) is 1. The average molecular weight is 273 g/mol. The van der Waals surface area contributed by atoms with Crippen molar-refractivity contribution in [3.05, 3.63) is 34.6 Å². The Bertz CT molecular complexity index is 351. The molecule has 0 aromatic heterocycles. The third-order valence-electron chi connectivity index (χ3n) is 3.24. The van der Waals surface area contributed by atoms with Gasteiger partial charge in [0.05, 0.1) is 0 Å². The highest BCUT2D eigenvalue weighted by Gasteiger charge is 2.05. The summed E-state index contributed by atoms with van der Waals surface area (Å²) in [6, 6.07) is 5.21. The molecule has 1 rings (SSSR count). The summed E-state index contributed by atoms with van der Waals surface area (Å²) in [6.45, 7) is 6.91. The SMILES string of the molecule is CCC(C)N(C)CCNCc1cc(F)cc(Cl)c1. The van der Waals surface area contributed by atoms with Gasteiger partial charge >= 0.3 is 0 Å². The van der Waals surface area contributed by atoms with Crippen LogP contribution in [-0.4, -0.2) is 31.1 Å². The van der Waals surface area contributed by atoms with Gasteiger partial charge in [0.15, 0.2) is 0 Å². The molecule has 0 aliphatic carbocycles. The summed E-state index contributed by atoms with van der Waals surface area (Å²) in [4.78, 5) is 2.31. The second kappa shape index (κ2) is 7.72. The van der Waals surface area contributed by atoms with Gasteiger partial charge in [-0.3, -0.25) is 0 Å². The standard InChI is InChI=1S/C14H22ClFN2/c1-4-11(2)18(3)6-5-17-10-12-7-13(15)9-14(16)8-12/h7-9,11,17H,4-6,10H2,1-3H3. The Morgan fingerprint density at radius 3 is 2.72 bits per heavy atom. The van der Waals surface area contributed by atoms with E-state index in [1.165, 1.54) is 12.1 Å². The lowest BCUT2D eigenvalue weighted by Crippen LogP contribution is -2.34. The first-order valence-corrected chi connectivity index (χ1v) is 6.76. The number of hydrogen-bond acceptors (Lipinski definition) is 2. The zero-order valence-electron chi connectivity index (χ0n) is 11.3. The fourth-order valence-electron chi connectivity index (χ4n) is 1.73. The Kier molecular flexibility index (Phi) is 6.61. The highest BCUT2D eigenvalue weighted by molar-refractivity contribution is 6.30. The lowest BCUT2D eigenvalue weighted by Gasteiger charge is -2.23. The predicted molar refractivity (Wildman–Crippen MR) is 75.5 cm³/mol.